The Kier molecular flexibility index (Phi) is 6.15. The average molecular weight is 553 g/mol. The number of ether oxygens (including phenoxy) is 2. The number of halogens is 1. The summed E-state index contributed by atoms with van der Waals surface area (Å²) < 4.78 is 11.5. The van der Waals surface area contributed by atoms with Crippen LogP contribution in [-0.2, 0) is 14.4 Å². The van der Waals surface area contributed by atoms with Gasteiger partial charge in [-0.15, -0.1) is 0 Å². The molecule has 10 heteroatoms. The van der Waals surface area contributed by atoms with Gasteiger partial charge in [0.2, 0.25) is 5.91 Å². The molecular weight excluding hydrogens is 532 g/mol. The maximum atomic E-state index is 13.8. The SMILES string of the molecule is COc1ccc([C@@H]2[C@H]3C(=O)N(c4ccc(Br)cc4)C(=O)[C@H]3ON2c2ccccc2)c(C(=O)O)c1OC. The minimum Gasteiger partial charge on any atom is -0.493 e. The predicted molar refractivity (Wildman–Crippen MR) is 133 cm³/mol. The molecule has 2 aliphatic rings. The number of carbonyl (C=O) groups excluding carboxylic acids is 2. The van der Waals surface area contributed by atoms with Crippen LogP contribution in [0, 0.1) is 5.92 Å². The molecule has 2 heterocycles. The third-order valence-electron chi connectivity index (χ3n) is 6.32. The Hall–Kier alpha value is -3.89. The maximum absolute atomic E-state index is 13.8. The van der Waals surface area contributed by atoms with Crippen LogP contribution in [0.1, 0.15) is 22.0 Å². The first-order chi connectivity index (χ1) is 17.4. The molecule has 1 N–H and O–H groups in total. The van der Waals surface area contributed by atoms with Gasteiger partial charge in [-0.3, -0.25) is 14.4 Å². The summed E-state index contributed by atoms with van der Waals surface area (Å²) in [5.41, 5.74) is 1.06. The molecule has 36 heavy (non-hydrogen) atoms. The zero-order chi connectivity index (χ0) is 25.6. The summed E-state index contributed by atoms with van der Waals surface area (Å²) in [5, 5.41) is 11.6. The lowest BCUT2D eigenvalue weighted by Crippen LogP contribution is -2.37. The minimum absolute atomic E-state index is 0.0144. The molecule has 2 saturated heterocycles. The normalized spacial score (nSPS) is 21.0. The second-order valence-electron chi connectivity index (χ2n) is 8.22. The molecule has 0 radical (unpaired) electrons. The second kappa shape index (κ2) is 9.29. The van der Waals surface area contributed by atoms with E-state index >= 15 is 0 Å². The fraction of sp³-hybridized carbons (Fsp3) is 0.192. The van der Waals surface area contributed by atoms with Gasteiger partial charge in [-0.2, -0.15) is 0 Å². The first kappa shape index (κ1) is 23.8. The van der Waals surface area contributed by atoms with Gasteiger partial charge in [0, 0.05) is 4.47 Å². The molecule has 2 aliphatic heterocycles. The molecule has 0 aliphatic carbocycles. The summed E-state index contributed by atoms with van der Waals surface area (Å²) in [7, 11) is 2.75. The van der Waals surface area contributed by atoms with Crippen LogP contribution in [0.3, 0.4) is 0 Å². The van der Waals surface area contributed by atoms with Gasteiger partial charge in [0.25, 0.3) is 5.91 Å². The monoisotopic (exact) mass is 552 g/mol. The Bertz CT molecular complexity index is 1350. The van der Waals surface area contributed by atoms with E-state index in [0.717, 1.165) is 9.37 Å². The molecule has 5 rings (SSSR count). The van der Waals surface area contributed by atoms with Crippen molar-refractivity contribution in [1.29, 1.82) is 0 Å². The number of rotatable bonds is 6. The van der Waals surface area contributed by atoms with Gasteiger partial charge in [-0.1, -0.05) is 40.2 Å². The minimum atomic E-state index is -1.27. The fourth-order valence-corrected chi connectivity index (χ4v) is 5.05. The van der Waals surface area contributed by atoms with Crippen molar-refractivity contribution in [3.63, 3.8) is 0 Å². The summed E-state index contributed by atoms with van der Waals surface area (Å²) in [6, 6.07) is 17.9. The third kappa shape index (κ3) is 3.69. The van der Waals surface area contributed by atoms with Crippen LogP contribution in [0.25, 0.3) is 0 Å². The number of nitrogens with zero attached hydrogens (tertiary/aromatic N) is 2. The molecule has 0 saturated carbocycles. The molecule has 0 bridgehead atoms. The van der Waals surface area contributed by atoms with Crippen molar-refractivity contribution in [3.8, 4) is 11.5 Å². The highest BCUT2D eigenvalue weighted by Gasteiger charge is 2.61. The first-order valence-corrected chi connectivity index (χ1v) is 11.8. The van der Waals surface area contributed by atoms with Crippen LogP contribution in [0.5, 0.6) is 11.5 Å². The van der Waals surface area contributed by atoms with Gasteiger partial charge < -0.3 is 14.6 Å². The summed E-state index contributed by atoms with van der Waals surface area (Å²) in [6.45, 7) is 0. The standard InChI is InChI=1S/C26H21BrN2O7/c1-34-18-13-12-17(19(26(32)33)22(18)35-2)21-20-23(36-29(21)16-6-4-3-5-7-16)25(31)28(24(20)30)15-10-8-14(27)9-11-15/h3-13,20-21,23H,1-2H3,(H,32,33)/t20-,21-,23+/m1/s1. The van der Waals surface area contributed by atoms with Crippen molar-refractivity contribution in [2.24, 2.45) is 5.92 Å². The van der Waals surface area contributed by atoms with E-state index in [9.17, 15) is 19.5 Å². The average Bonchev–Trinajstić information content (AvgIpc) is 3.39. The number of carboxylic acid groups (broad SMARTS) is 1. The number of benzene rings is 3. The van der Waals surface area contributed by atoms with E-state index < -0.39 is 35.8 Å². The number of amides is 2. The van der Waals surface area contributed by atoms with Gasteiger partial charge >= 0.3 is 5.97 Å². The van der Waals surface area contributed by atoms with E-state index in [-0.39, 0.29) is 22.6 Å². The van der Waals surface area contributed by atoms with Gasteiger partial charge in [0.05, 0.1) is 31.6 Å². The van der Waals surface area contributed by atoms with Crippen molar-refractivity contribution < 1.29 is 33.8 Å². The Morgan fingerprint density at radius 2 is 1.61 bits per heavy atom. The third-order valence-corrected chi connectivity index (χ3v) is 6.85. The highest BCUT2D eigenvalue weighted by atomic mass is 79.9. The number of imide groups is 1. The fourth-order valence-electron chi connectivity index (χ4n) is 4.78. The van der Waals surface area contributed by atoms with Crippen LogP contribution in [-0.4, -0.2) is 43.2 Å². The molecule has 3 aromatic carbocycles. The van der Waals surface area contributed by atoms with E-state index in [0.29, 0.717) is 11.4 Å². The number of carboxylic acids is 1. The van der Waals surface area contributed by atoms with Crippen molar-refractivity contribution >= 4 is 45.1 Å². The summed E-state index contributed by atoms with van der Waals surface area (Å²) in [6.07, 6.45) is -1.14. The van der Waals surface area contributed by atoms with Crippen molar-refractivity contribution in [2.75, 3.05) is 24.2 Å². The lowest BCUT2D eigenvalue weighted by Gasteiger charge is -2.30. The Morgan fingerprint density at radius 3 is 2.22 bits per heavy atom. The van der Waals surface area contributed by atoms with E-state index in [1.807, 2.05) is 6.07 Å². The topological polar surface area (TPSA) is 106 Å². The highest BCUT2D eigenvalue weighted by molar-refractivity contribution is 9.10. The zero-order valence-corrected chi connectivity index (χ0v) is 20.8. The number of hydrogen-bond acceptors (Lipinski definition) is 7. The van der Waals surface area contributed by atoms with Crippen LogP contribution in [0.4, 0.5) is 11.4 Å². The van der Waals surface area contributed by atoms with E-state index in [2.05, 4.69) is 15.9 Å². The highest BCUT2D eigenvalue weighted by Crippen LogP contribution is 2.50. The van der Waals surface area contributed by atoms with E-state index in [4.69, 9.17) is 14.3 Å². The number of aromatic carboxylic acids is 1. The first-order valence-electron chi connectivity index (χ1n) is 11.0. The number of fused-ring (bicyclic) bond motifs is 1. The number of hydroxylamine groups is 1. The van der Waals surface area contributed by atoms with Crippen molar-refractivity contribution in [2.45, 2.75) is 12.1 Å². The van der Waals surface area contributed by atoms with Gasteiger partial charge in [-0.25, -0.2) is 14.8 Å². The van der Waals surface area contributed by atoms with Gasteiger partial charge in [0.15, 0.2) is 17.6 Å². The molecule has 3 atom stereocenters. The number of methoxy groups -OCH3 is 2. The molecular formula is C26H21BrN2O7. The van der Waals surface area contributed by atoms with Crippen LogP contribution in [0.2, 0.25) is 0 Å². The van der Waals surface area contributed by atoms with Crippen molar-refractivity contribution in [1.82, 2.24) is 0 Å². The number of anilines is 2. The number of para-hydroxylation sites is 1. The summed E-state index contributed by atoms with van der Waals surface area (Å²) >= 11 is 3.36. The smallest absolute Gasteiger partial charge is 0.339 e. The Labute approximate surface area is 214 Å². The zero-order valence-electron chi connectivity index (χ0n) is 19.3. The molecule has 2 fully saturated rings. The summed E-state index contributed by atoms with van der Waals surface area (Å²) in [5.74, 6) is -3.03. The lowest BCUT2D eigenvalue weighted by atomic mass is 9.87. The van der Waals surface area contributed by atoms with E-state index in [1.54, 1.807) is 60.7 Å². The second-order valence-corrected chi connectivity index (χ2v) is 9.13. The molecule has 0 unspecified atom stereocenters. The summed E-state index contributed by atoms with van der Waals surface area (Å²) in [4.78, 5) is 46.9. The molecule has 2 amide bonds. The number of hydrogen-bond donors (Lipinski definition) is 1. The lowest BCUT2D eigenvalue weighted by molar-refractivity contribution is -0.126. The van der Waals surface area contributed by atoms with Crippen LogP contribution in [0.15, 0.2) is 71.2 Å². The van der Waals surface area contributed by atoms with Crippen molar-refractivity contribution in [3.05, 3.63) is 82.3 Å². The molecule has 3 aromatic rings. The largest absolute Gasteiger partial charge is 0.493 e. The predicted octanol–water partition coefficient (Wildman–Crippen LogP) is 4.22. The van der Waals surface area contributed by atoms with Crippen LogP contribution < -0.4 is 19.4 Å². The quantitative estimate of drug-likeness (QED) is 0.453. The molecule has 0 aromatic heterocycles. The molecule has 9 nitrogen and oxygen atoms in total. The van der Waals surface area contributed by atoms with Crippen LogP contribution >= 0.6 is 15.9 Å². The molecule has 0 spiro atoms. The number of carbonyl (C=O) groups is 3. The molecule has 184 valence electrons. The van der Waals surface area contributed by atoms with E-state index in [1.165, 1.54) is 19.3 Å². The van der Waals surface area contributed by atoms with Gasteiger partial charge in [-0.05, 0) is 48.0 Å². The maximum Gasteiger partial charge on any atom is 0.339 e. The van der Waals surface area contributed by atoms with Gasteiger partial charge in [0.1, 0.15) is 11.5 Å². The Balaban J connectivity index is 1.68. The Morgan fingerprint density at radius 1 is 0.917 bits per heavy atom.